The molecule has 0 saturated carbocycles. The molecule has 0 atom stereocenters. The van der Waals surface area contributed by atoms with Gasteiger partial charge in [-0.05, 0) is 12.1 Å². The number of carbonyl (C=O) groups is 1. The Morgan fingerprint density at radius 3 is 3.06 bits per heavy atom. The van der Waals surface area contributed by atoms with Crippen LogP contribution in [-0.2, 0) is 16.0 Å². The van der Waals surface area contributed by atoms with Crippen molar-refractivity contribution in [2.24, 2.45) is 0 Å². The van der Waals surface area contributed by atoms with Gasteiger partial charge in [0.25, 0.3) is 0 Å². The van der Waals surface area contributed by atoms with Gasteiger partial charge in [-0.15, -0.1) is 11.3 Å². The number of aromatic nitrogens is 1. The molecule has 0 aliphatic heterocycles. The molecule has 0 saturated heterocycles. The first-order chi connectivity index (χ1) is 8.61. The summed E-state index contributed by atoms with van der Waals surface area (Å²) in [4.78, 5) is 15.3. The van der Waals surface area contributed by atoms with E-state index in [1.807, 2.05) is 0 Å². The highest BCUT2D eigenvalue weighted by Gasteiger charge is 2.13. The minimum atomic E-state index is -0.502. The fraction of sp³-hybridized carbons (Fsp3) is 0.167. The highest BCUT2D eigenvalue weighted by molar-refractivity contribution is 7.13. The Bertz CT molecular complexity index is 585. The number of benzene rings is 1. The van der Waals surface area contributed by atoms with Gasteiger partial charge in [-0.2, -0.15) is 0 Å². The summed E-state index contributed by atoms with van der Waals surface area (Å²) in [5, 5.41) is 2.25. The van der Waals surface area contributed by atoms with Crippen LogP contribution < -0.4 is 0 Å². The Balaban J connectivity index is 2.29. The molecular formula is C12H9ClFNO2S. The summed E-state index contributed by atoms with van der Waals surface area (Å²) in [6.45, 7) is 0. The van der Waals surface area contributed by atoms with Crippen molar-refractivity contribution in [1.82, 2.24) is 4.98 Å². The van der Waals surface area contributed by atoms with Gasteiger partial charge in [-0.3, -0.25) is 4.79 Å². The number of methoxy groups -OCH3 is 1. The zero-order valence-corrected chi connectivity index (χ0v) is 11.0. The fourth-order valence-electron chi connectivity index (χ4n) is 1.40. The van der Waals surface area contributed by atoms with Crippen LogP contribution in [0.25, 0.3) is 10.6 Å². The van der Waals surface area contributed by atoms with Gasteiger partial charge in [0.1, 0.15) is 5.01 Å². The summed E-state index contributed by atoms with van der Waals surface area (Å²) in [5.41, 5.74) is 0.893. The van der Waals surface area contributed by atoms with Crippen molar-refractivity contribution in [3.8, 4) is 10.6 Å². The Labute approximate surface area is 112 Å². The van der Waals surface area contributed by atoms with E-state index in [1.165, 1.54) is 24.5 Å². The molecule has 3 nitrogen and oxygen atoms in total. The molecule has 0 unspecified atom stereocenters. The first-order valence-corrected chi connectivity index (χ1v) is 6.33. The van der Waals surface area contributed by atoms with Crippen molar-refractivity contribution >= 4 is 28.9 Å². The summed E-state index contributed by atoms with van der Waals surface area (Å²) in [6, 6.07) is 4.73. The molecule has 0 aliphatic carbocycles. The Morgan fingerprint density at radius 1 is 1.56 bits per heavy atom. The molecule has 2 rings (SSSR count). The number of nitrogens with zero attached hydrogens (tertiary/aromatic N) is 1. The predicted octanol–water partition coefficient (Wildman–Crippen LogP) is 3.32. The highest BCUT2D eigenvalue weighted by Crippen LogP contribution is 2.29. The molecule has 2 aromatic rings. The van der Waals surface area contributed by atoms with Gasteiger partial charge < -0.3 is 4.74 Å². The maximum absolute atomic E-state index is 13.8. The van der Waals surface area contributed by atoms with Gasteiger partial charge in [0, 0.05) is 10.9 Å². The van der Waals surface area contributed by atoms with Crippen LogP contribution in [0, 0.1) is 5.82 Å². The van der Waals surface area contributed by atoms with Crippen molar-refractivity contribution in [3.63, 3.8) is 0 Å². The molecule has 94 valence electrons. The molecule has 0 aliphatic rings. The zero-order chi connectivity index (χ0) is 13.1. The second-order valence-corrected chi connectivity index (χ2v) is 4.76. The van der Waals surface area contributed by atoms with E-state index < -0.39 is 5.82 Å². The third kappa shape index (κ3) is 2.68. The lowest BCUT2D eigenvalue weighted by molar-refractivity contribution is -0.139. The minimum absolute atomic E-state index is 0.0530. The fourth-order valence-corrected chi connectivity index (χ4v) is 2.41. The third-order valence-corrected chi connectivity index (χ3v) is 3.50. The topological polar surface area (TPSA) is 39.2 Å². The Kier molecular flexibility index (Phi) is 3.93. The maximum atomic E-state index is 13.8. The Hall–Kier alpha value is -1.46. The van der Waals surface area contributed by atoms with Gasteiger partial charge in [0.05, 0.1) is 24.2 Å². The molecule has 0 bridgehead atoms. The van der Waals surface area contributed by atoms with E-state index in [0.717, 1.165) is 0 Å². The smallest absolute Gasteiger partial charge is 0.311 e. The van der Waals surface area contributed by atoms with Crippen LogP contribution in [0.5, 0.6) is 0 Å². The maximum Gasteiger partial charge on any atom is 0.311 e. The highest BCUT2D eigenvalue weighted by atomic mass is 35.5. The lowest BCUT2D eigenvalue weighted by Gasteiger charge is -2.00. The molecule has 0 amide bonds. The first kappa shape index (κ1) is 13.0. The van der Waals surface area contributed by atoms with Gasteiger partial charge >= 0.3 is 5.97 Å². The first-order valence-electron chi connectivity index (χ1n) is 5.07. The number of carbonyl (C=O) groups excluding carboxylic acids is 1. The molecule has 0 fully saturated rings. The van der Waals surface area contributed by atoms with Crippen molar-refractivity contribution in [1.29, 1.82) is 0 Å². The molecule has 0 spiro atoms. The van der Waals surface area contributed by atoms with Crippen molar-refractivity contribution in [2.45, 2.75) is 6.42 Å². The van der Waals surface area contributed by atoms with E-state index in [9.17, 15) is 9.18 Å². The van der Waals surface area contributed by atoms with Crippen LogP contribution >= 0.6 is 22.9 Å². The number of ether oxygens (including phenoxy) is 1. The van der Waals surface area contributed by atoms with Crippen LogP contribution in [-0.4, -0.2) is 18.1 Å². The van der Waals surface area contributed by atoms with E-state index in [-0.39, 0.29) is 17.4 Å². The van der Waals surface area contributed by atoms with Crippen LogP contribution in [0.1, 0.15) is 5.69 Å². The van der Waals surface area contributed by atoms with Crippen molar-refractivity contribution in [2.75, 3.05) is 7.11 Å². The van der Waals surface area contributed by atoms with Gasteiger partial charge in [-0.1, -0.05) is 17.7 Å². The number of rotatable bonds is 3. The number of esters is 1. The van der Waals surface area contributed by atoms with Crippen LogP contribution in [0.3, 0.4) is 0 Å². The van der Waals surface area contributed by atoms with E-state index in [1.54, 1.807) is 17.5 Å². The zero-order valence-electron chi connectivity index (χ0n) is 9.44. The molecule has 18 heavy (non-hydrogen) atoms. The summed E-state index contributed by atoms with van der Waals surface area (Å²) >= 11 is 6.97. The van der Waals surface area contributed by atoms with E-state index in [0.29, 0.717) is 16.3 Å². The average molecular weight is 286 g/mol. The number of halogens is 2. The standard InChI is InChI=1S/C12H9ClFNO2S/c1-17-10(16)5-7-6-18-12(15-7)8-3-2-4-9(13)11(8)14/h2-4,6H,5H2,1H3. The molecule has 1 heterocycles. The molecule has 6 heteroatoms. The summed E-state index contributed by atoms with van der Waals surface area (Å²) < 4.78 is 18.3. The summed E-state index contributed by atoms with van der Waals surface area (Å²) in [6.07, 6.45) is 0.0786. The molecule has 1 aromatic heterocycles. The van der Waals surface area contributed by atoms with E-state index >= 15 is 0 Å². The molecule has 1 aromatic carbocycles. The monoisotopic (exact) mass is 285 g/mol. The average Bonchev–Trinajstić information content (AvgIpc) is 2.80. The normalized spacial score (nSPS) is 10.4. The lowest BCUT2D eigenvalue weighted by atomic mass is 10.2. The second-order valence-electron chi connectivity index (χ2n) is 3.50. The van der Waals surface area contributed by atoms with Crippen molar-refractivity contribution in [3.05, 3.63) is 40.1 Å². The SMILES string of the molecule is COC(=O)Cc1csc(-c2cccc(Cl)c2F)n1. The third-order valence-electron chi connectivity index (χ3n) is 2.29. The molecular weight excluding hydrogens is 277 g/mol. The quantitative estimate of drug-likeness (QED) is 0.812. The number of thiazole rings is 1. The van der Waals surface area contributed by atoms with Gasteiger partial charge in [0.2, 0.25) is 0 Å². The predicted molar refractivity (Wildman–Crippen MR) is 68.2 cm³/mol. The van der Waals surface area contributed by atoms with E-state index in [4.69, 9.17) is 11.6 Å². The van der Waals surface area contributed by atoms with Gasteiger partial charge in [0.15, 0.2) is 5.82 Å². The van der Waals surface area contributed by atoms with Gasteiger partial charge in [-0.25, -0.2) is 9.37 Å². The van der Waals surface area contributed by atoms with Crippen LogP contribution in [0.15, 0.2) is 23.6 Å². The van der Waals surface area contributed by atoms with E-state index in [2.05, 4.69) is 9.72 Å². The summed E-state index contributed by atoms with van der Waals surface area (Å²) in [5.74, 6) is -0.878. The molecule has 0 N–H and O–H groups in total. The largest absolute Gasteiger partial charge is 0.469 e. The number of hydrogen-bond acceptors (Lipinski definition) is 4. The number of hydrogen-bond donors (Lipinski definition) is 0. The summed E-state index contributed by atoms with van der Waals surface area (Å²) in [7, 11) is 1.31. The van der Waals surface area contributed by atoms with Crippen LogP contribution in [0.2, 0.25) is 5.02 Å². The second kappa shape index (κ2) is 5.46. The lowest BCUT2D eigenvalue weighted by Crippen LogP contribution is -2.04. The van der Waals surface area contributed by atoms with Crippen molar-refractivity contribution < 1.29 is 13.9 Å². The Morgan fingerprint density at radius 2 is 2.33 bits per heavy atom. The minimum Gasteiger partial charge on any atom is -0.469 e. The molecule has 0 radical (unpaired) electrons. The van der Waals surface area contributed by atoms with Crippen LogP contribution in [0.4, 0.5) is 4.39 Å².